The van der Waals surface area contributed by atoms with Crippen molar-refractivity contribution < 1.29 is 9.90 Å². The molecule has 0 saturated carbocycles. The molecule has 0 aromatic heterocycles. The molecule has 15 heavy (non-hydrogen) atoms. The summed E-state index contributed by atoms with van der Waals surface area (Å²) in [5, 5.41) is 8.89. The van der Waals surface area contributed by atoms with Gasteiger partial charge in [-0.2, -0.15) is 0 Å². The average molecular weight is 247 g/mol. The third-order valence-corrected chi connectivity index (χ3v) is 3.05. The quantitative estimate of drug-likeness (QED) is 0.821. The van der Waals surface area contributed by atoms with Gasteiger partial charge in [0.1, 0.15) is 0 Å². The Bertz CT molecular complexity index is 364. The topological polar surface area (TPSA) is 37.3 Å². The molecule has 4 heteroatoms. The first-order valence-electron chi connectivity index (χ1n) is 4.62. The van der Waals surface area contributed by atoms with Crippen LogP contribution >= 0.6 is 23.2 Å². The van der Waals surface area contributed by atoms with Crippen LogP contribution in [0, 0.1) is 6.92 Å². The highest BCUT2D eigenvalue weighted by molar-refractivity contribution is 6.31. The van der Waals surface area contributed by atoms with Crippen LogP contribution in [0.5, 0.6) is 0 Å². The van der Waals surface area contributed by atoms with Gasteiger partial charge in [0.05, 0.1) is 5.38 Å². The Kier molecular flexibility index (Phi) is 4.43. The summed E-state index contributed by atoms with van der Waals surface area (Å²) in [6.07, 6.45) is 0.482. The minimum atomic E-state index is -0.834. The zero-order valence-electron chi connectivity index (χ0n) is 8.34. The molecular formula is C11H12Cl2O2. The molecule has 0 aliphatic heterocycles. The Labute approximate surface area is 98.8 Å². The van der Waals surface area contributed by atoms with E-state index in [1.807, 2.05) is 19.1 Å². The van der Waals surface area contributed by atoms with Gasteiger partial charge in [-0.25, -0.2) is 0 Å². The van der Waals surface area contributed by atoms with Crippen molar-refractivity contribution in [2.75, 3.05) is 0 Å². The zero-order valence-corrected chi connectivity index (χ0v) is 9.85. The molecule has 0 saturated heterocycles. The van der Waals surface area contributed by atoms with Gasteiger partial charge in [-0.1, -0.05) is 23.7 Å². The van der Waals surface area contributed by atoms with Crippen LogP contribution in [0.1, 0.15) is 29.3 Å². The number of hydrogen-bond donors (Lipinski definition) is 1. The minimum Gasteiger partial charge on any atom is -0.481 e. The van der Waals surface area contributed by atoms with Gasteiger partial charge in [0.2, 0.25) is 0 Å². The lowest BCUT2D eigenvalue weighted by molar-refractivity contribution is -0.137. The number of aryl methyl sites for hydroxylation is 1. The maximum Gasteiger partial charge on any atom is 0.303 e. The molecule has 1 aromatic rings. The van der Waals surface area contributed by atoms with E-state index in [1.54, 1.807) is 6.07 Å². The third kappa shape index (κ3) is 3.73. The molecule has 0 aliphatic carbocycles. The maximum absolute atomic E-state index is 10.4. The second-order valence-corrected chi connectivity index (χ2v) is 4.34. The lowest BCUT2D eigenvalue weighted by Crippen LogP contribution is -1.98. The van der Waals surface area contributed by atoms with E-state index in [9.17, 15) is 4.79 Å². The summed E-state index contributed by atoms with van der Waals surface area (Å²) in [6, 6.07) is 5.55. The van der Waals surface area contributed by atoms with E-state index in [4.69, 9.17) is 28.3 Å². The first kappa shape index (κ1) is 12.3. The van der Waals surface area contributed by atoms with E-state index in [0.717, 1.165) is 11.1 Å². The minimum absolute atomic E-state index is 0.0691. The van der Waals surface area contributed by atoms with Gasteiger partial charge >= 0.3 is 5.97 Å². The number of hydrogen-bond acceptors (Lipinski definition) is 1. The summed E-state index contributed by atoms with van der Waals surface area (Å²) in [7, 11) is 0. The molecular weight excluding hydrogens is 235 g/mol. The molecule has 1 aromatic carbocycles. The molecule has 0 aliphatic rings. The smallest absolute Gasteiger partial charge is 0.303 e. The second-order valence-electron chi connectivity index (χ2n) is 3.41. The Hall–Kier alpha value is -0.730. The third-order valence-electron chi connectivity index (χ3n) is 2.17. The number of carbonyl (C=O) groups is 1. The summed E-state index contributed by atoms with van der Waals surface area (Å²) >= 11 is 12.0. The molecule has 0 spiro atoms. The molecule has 2 nitrogen and oxygen atoms in total. The average Bonchev–Trinajstić information content (AvgIpc) is 2.18. The molecule has 0 amide bonds. The normalized spacial score (nSPS) is 12.5. The number of rotatable bonds is 4. The van der Waals surface area contributed by atoms with E-state index in [2.05, 4.69) is 0 Å². The lowest BCUT2D eigenvalue weighted by atomic mass is 10.1. The van der Waals surface area contributed by atoms with E-state index in [1.165, 1.54) is 0 Å². The van der Waals surface area contributed by atoms with Crippen molar-refractivity contribution in [3.05, 3.63) is 34.3 Å². The van der Waals surface area contributed by atoms with Gasteiger partial charge in [0.25, 0.3) is 0 Å². The summed E-state index contributed by atoms with van der Waals surface area (Å²) in [6.45, 7) is 1.91. The fraction of sp³-hybridized carbons (Fsp3) is 0.364. The Morgan fingerprint density at radius 3 is 2.73 bits per heavy atom. The van der Waals surface area contributed by atoms with Crippen LogP contribution in [-0.4, -0.2) is 11.1 Å². The van der Waals surface area contributed by atoms with Crippen LogP contribution in [0.25, 0.3) is 0 Å². The van der Waals surface area contributed by atoms with Crippen LogP contribution in [0.15, 0.2) is 18.2 Å². The summed E-state index contributed by atoms with van der Waals surface area (Å²) in [5.74, 6) is -0.834. The Morgan fingerprint density at radius 1 is 1.53 bits per heavy atom. The molecule has 0 radical (unpaired) electrons. The van der Waals surface area contributed by atoms with E-state index < -0.39 is 5.97 Å². The van der Waals surface area contributed by atoms with E-state index >= 15 is 0 Å². The molecule has 0 bridgehead atoms. The number of benzene rings is 1. The van der Waals surface area contributed by atoms with Gasteiger partial charge in [0.15, 0.2) is 0 Å². The van der Waals surface area contributed by atoms with Gasteiger partial charge < -0.3 is 5.11 Å². The van der Waals surface area contributed by atoms with Crippen LogP contribution in [0.2, 0.25) is 5.02 Å². The standard InChI is InChI=1S/C11H12Cl2O2/c1-7-2-3-8(6-10(7)13)9(12)4-5-11(14)15/h2-3,6,9H,4-5H2,1H3,(H,14,15). The highest BCUT2D eigenvalue weighted by atomic mass is 35.5. The molecule has 0 fully saturated rings. The molecule has 1 N–H and O–H groups in total. The van der Waals surface area contributed by atoms with Gasteiger partial charge in [0, 0.05) is 11.4 Å². The van der Waals surface area contributed by atoms with Crippen molar-refractivity contribution in [2.45, 2.75) is 25.1 Å². The summed E-state index contributed by atoms with van der Waals surface area (Å²) in [5.41, 5.74) is 1.86. The SMILES string of the molecule is Cc1ccc(C(Cl)CCC(=O)O)cc1Cl. The molecule has 82 valence electrons. The maximum atomic E-state index is 10.4. The predicted octanol–water partition coefficient (Wildman–Crippen LogP) is 3.79. The monoisotopic (exact) mass is 246 g/mol. The van der Waals surface area contributed by atoms with Gasteiger partial charge in [-0.05, 0) is 30.5 Å². The van der Waals surface area contributed by atoms with Crippen molar-refractivity contribution >= 4 is 29.2 Å². The van der Waals surface area contributed by atoms with Crippen LogP contribution in [-0.2, 0) is 4.79 Å². The van der Waals surface area contributed by atoms with Crippen molar-refractivity contribution in [1.29, 1.82) is 0 Å². The number of aliphatic carboxylic acids is 1. The number of carboxylic acids is 1. The fourth-order valence-electron chi connectivity index (χ4n) is 1.22. The van der Waals surface area contributed by atoms with Gasteiger partial charge in [-0.15, -0.1) is 11.6 Å². The number of carboxylic acid groups (broad SMARTS) is 1. The van der Waals surface area contributed by atoms with E-state index in [0.29, 0.717) is 11.4 Å². The van der Waals surface area contributed by atoms with E-state index in [-0.39, 0.29) is 11.8 Å². The highest BCUT2D eigenvalue weighted by Crippen LogP contribution is 2.28. The summed E-state index contributed by atoms with van der Waals surface area (Å²) in [4.78, 5) is 10.4. The molecule has 1 rings (SSSR count). The predicted molar refractivity (Wildman–Crippen MR) is 61.7 cm³/mol. The first-order chi connectivity index (χ1) is 7.00. The summed E-state index contributed by atoms with van der Waals surface area (Å²) < 4.78 is 0. The first-order valence-corrected chi connectivity index (χ1v) is 5.44. The lowest BCUT2D eigenvalue weighted by Gasteiger charge is -2.09. The largest absolute Gasteiger partial charge is 0.481 e. The van der Waals surface area contributed by atoms with Crippen molar-refractivity contribution in [3.8, 4) is 0 Å². The number of alkyl halides is 1. The molecule has 1 atom stereocenters. The van der Waals surface area contributed by atoms with Crippen LogP contribution in [0.3, 0.4) is 0 Å². The fourth-order valence-corrected chi connectivity index (χ4v) is 1.65. The van der Waals surface area contributed by atoms with Gasteiger partial charge in [-0.3, -0.25) is 4.79 Å². The van der Waals surface area contributed by atoms with Crippen molar-refractivity contribution in [1.82, 2.24) is 0 Å². The molecule has 1 unspecified atom stereocenters. The van der Waals surface area contributed by atoms with Crippen molar-refractivity contribution in [2.24, 2.45) is 0 Å². The zero-order chi connectivity index (χ0) is 11.4. The highest BCUT2D eigenvalue weighted by Gasteiger charge is 2.11. The number of halogens is 2. The Balaban J connectivity index is 2.69. The van der Waals surface area contributed by atoms with Crippen LogP contribution in [0.4, 0.5) is 0 Å². The van der Waals surface area contributed by atoms with Crippen molar-refractivity contribution in [3.63, 3.8) is 0 Å². The second kappa shape index (κ2) is 5.38. The molecule has 0 heterocycles. The van der Waals surface area contributed by atoms with Crippen LogP contribution < -0.4 is 0 Å². The Morgan fingerprint density at radius 2 is 2.20 bits per heavy atom.